The molecule has 1 unspecified atom stereocenters. The van der Waals surface area contributed by atoms with Crippen molar-refractivity contribution in [3.8, 4) is 11.1 Å². The smallest absolute Gasteiger partial charge is 0.243 e. The number of hydrogen-bond acceptors (Lipinski definition) is 4. The second-order valence-electron chi connectivity index (χ2n) is 8.44. The highest BCUT2D eigenvalue weighted by Gasteiger charge is 2.26. The molecule has 34 heavy (non-hydrogen) atoms. The van der Waals surface area contributed by atoms with Crippen molar-refractivity contribution in [2.75, 3.05) is 26.3 Å². The summed E-state index contributed by atoms with van der Waals surface area (Å²) in [5.41, 5.74) is 4.28. The zero-order chi connectivity index (χ0) is 24.0. The number of sulfonamides is 1. The van der Waals surface area contributed by atoms with Crippen molar-refractivity contribution >= 4 is 15.9 Å². The average molecular weight is 479 g/mol. The maximum Gasteiger partial charge on any atom is 0.243 e. The molecule has 0 saturated carbocycles. The van der Waals surface area contributed by atoms with Gasteiger partial charge in [-0.3, -0.25) is 4.79 Å². The molecule has 1 atom stereocenters. The van der Waals surface area contributed by atoms with Crippen LogP contribution in [0.2, 0.25) is 0 Å². The number of carbonyl (C=O) groups excluding carboxylic acids is 1. The predicted octanol–water partition coefficient (Wildman–Crippen LogP) is 4.18. The van der Waals surface area contributed by atoms with Crippen LogP contribution in [0, 0.1) is 0 Å². The number of rotatable bonds is 8. The summed E-state index contributed by atoms with van der Waals surface area (Å²) in [6.07, 6.45) is 0.880. The Bertz CT molecular complexity index is 1190. The lowest BCUT2D eigenvalue weighted by atomic mass is 10.0. The molecule has 0 bridgehead atoms. The van der Waals surface area contributed by atoms with E-state index < -0.39 is 10.0 Å². The molecule has 1 N–H and O–H groups in total. The van der Waals surface area contributed by atoms with Crippen molar-refractivity contribution < 1.29 is 17.9 Å². The van der Waals surface area contributed by atoms with Crippen LogP contribution < -0.4 is 5.32 Å². The van der Waals surface area contributed by atoms with E-state index in [1.165, 1.54) is 4.31 Å². The molecule has 1 amide bonds. The van der Waals surface area contributed by atoms with E-state index in [-0.39, 0.29) is 16.8 Å². The maximum absolute atomic E-state index is 12.7. The van der Waals surface area contributed by atoms with Crippen LogP contribution in [0.25, 0.3) is 11.1 Å². The molecule has 1 saturated heterocycles. The molecule has 0 aromatic heterocycles. The summed E-state index contributed by atoms with van der Waals surface area (Å²) < 4.78 is 32.1. The van der Waals surface area contributed by atoms with Crippen LogP contribution in [0.15, 0.2) is 83.8 Å². The normalized spacial score (nSPS) is 15.6. The standard InChI is InChI=1S/C27H30N2O4S/c1-21(23-10-12-25(13-11-23)24-5-3-2-4-6-24)28-27(30)16-9-22-7-14-26(15-8-22)34(31,32)29-17-19-33-20-18-29/h2-8,10-15,21H,9,16-20H2,1H3,(H,28,30). The fourth-order valence-electron chi connectivity index (χ4n) is 4.01. The van der Waals surface area contributed by atoms with Gasteiger partial charge in [0.1, 0.15) is 0 Å². The van der Waals surface area contributed by atoms with Crippen LogP contribution >= 0.6 is 0 Å². The first-order chi connectivity index (χ1) is 16.4. The van der Waals surface area contributed by atoms with Crippen molar-refractivity contribution in [3.05, 3.63) is 90.0 Å². The number of nitrogens with zero attached hydrogens (tertiary/aromatic N) is 1. The molecular weight excluding hydrogens is 448 g/mol. The van der Waals surface area contributed by atoms with Gasteiger partial charge in [0.15, 0.2) is 0 Å². The van der Waals surface area contributed by atoms with Gasteiger partial charge in [-0.05, 0) is 47.7 Å². The van der Waals surface area contributed by atoms with Crippen molar-refractivity contribution in [2.24, 2.45) is 0 Å². The zero-order valence-corrected chi connectivity index (χ0v) is 20.1. The Morgan fingerprint density at radius 2 is 1.53 bits per heavy atom. The van der Waals surface area contributed by atoms with E-state index >= 15 is 0 Å². The SMILES string of the molecule is CC(NC(=O)CCc1ccc(S(=O)(=O)N2CCOCC2)cc1)c1ccc(-c2ccccc2)cc1. The Balaban J connectivity index is 1.29. The number of nitrogens with one attached hydrogen (secondary N) is 1. The first-order valence-corrected chi connectivity index (χ1v) is 13.0. The molecular formula is C27H30N2O4S. The van der Waals surface area contributed by atoms with E-state index in [1.807, 2.05) is 37.3 Å². The Morgan fingerprint density at radius 3 is 2.18 bits per heavy atom. The van der Waals surface area contributed by atoms with Crippen molar-refractivity contribution in [1.29, 1.82) is 0 Å². The minimum Gasteiger partial charge on any atom is -0.379 e. The van der Waals surface area contributed by atoms with Gasteiger partial charge in [0.25, 0.3) is 0 Å². The highest BCUT2D eigenvalue weighted by Crippen LogP contribution is 2.22. The van der Waals surface area contributed by atoms with Crippen LogP contribution in [0.1, 0.15) is 30.5 Å². The van der Waals surface area contributed by atoms with Crippen LogP contribution in [-0.2, 0) is 26.0 Å². The summed E-state index contributed by atoms with van der Waals surface area (Å²) in [7, 11) is -3.50. The Labute approximate surface area is 201 Å². The van der Waals surface area contributed by atoms with Crippen LogP contribution in [0.5, 0.6) is 0 Å². The van der Waals surface area contributed by atoms with Crippen molar-refractivity contribution in [1.82, 2.24) is 9.62 Å². The topological polar surface area (TPSA) is 75.7 Å². The number of carbonyl (C=O) groups is 1. The van der Waals surface area contributed by atoms with E-state index in [2.05, 4.69) is 29.6 Å². The highest BCUT2D eigenvalue weighted by molar-refractivity contribution is 7.89. The summed E-state index contributed by atoms with van der Waals surface area (Å²) in [5.74, 6) is -0.0374. The molecule has 3 aromatic carbocycles. The van der Waals surface area contributed by atoms with E-state index in [1.54, 1.807) is 24.3 Å². The fraction of sp³-hybridized carbons (Fsp3) is 0.296. The Kier molecular flexibility index (Phi) is 7.77. The summed E-state index contributed by atoms with van der Waals surface area (Å²) in [5, 5.41) is 3.05. The lowest BCUT2D eigenvalue weighted by Crippen LogP contribution is -2.40. The van der Waals surface area contributed by atoms with Gasteiger partial charge >= 0.3 is 0 Å². The maximum atomic E-state index is 12.7. The van der Waals surface area contributed by atoms with Crippen LogP contribution in [0.4, 0.5) is 0 Å². The van der Waals surface area contributed by atoms with E-state index in [4.69, 9.17) is 4.74 Å². The second kappa shape index (κ2) is 11.0. The number of hydrogen-bond donors (Lipinski definition) is 1. The monoisotopic (exact) mass is 478 g/mol. The fourth-order valence-corrected chi connectivity index (χ4v) is 5.42. The van der Waals surface area contributed by atoms with E-state index in [0.29, 0.717) is 39.1 Å². The first-order valence-electron chi connectivity index (χ1n) is 11.5. The number of morpholine rings is 1. The van der Waals surface area contributed by atoms with Gasteiger partial charge in [0.2, 0.25) is 15.9 Å². The van der Waals surface area contributed by atoms with Gasteiger partial charge in [0.05, 0.1) is 24.2 Å². The van der Waals surface area contributed by atoms with Gasteiger partial charge in [-0.2, -0.15) is 4.31 Å². The summed E-state index contributed by atoms with van der Waals surface area (Å²) >= 11 is 0. The molecule has 0 spiro atoms. The first kappa shape index (κ1) is 24.1. The molecule has 1 fully saturated rings. The molecule has 1 heterocycles. The average Bonchev–Trinajstić information content (AvgIpc) is 2.89. The van der Waals surface area contributed by atoms with Gasteiger partial charge in [-0.1, -0.05) is 66.7 Å². The Hall–Kier alpha value is -3.00. The number of benzene rings is 3. The highest BCUT2D eigenvalue weighted by atomic mass is 32.2. The largest absolute Gasteiger partial charge is 0.379 e. The number of ether oxygens (including phenoxy) is 1. The molecule has 178 valence electrons. The molecule has 4 rings (SSSR count). The number of amides is 1. The van der Waals surface area contributed by atoms with Gasteiger partial charge in [0, 0.05) is 19.5 Å². The van der Waals surface area contributed by atoms with Crippen molar-refractivity contribution in [2.45, 2.75) is 30.7 Å². The quantitative estimate of drug-likeness (QED) is 0.527. The Morgan fingerprint density at radius 1 is 0.912 bits per heavy atom. The third-order valence-corrected chi connectivity index (χ3v) is 7.98. The zero-order valence-electron chi connectivity index (χ0n) is 19.3. The van der Waals surface area contributed by atoms with Gasteiger partial charge < -0.3 is 10.1 Å². The lowest BCUT2D eigenvalue weighted by Gasteiger charge is -2.26. The molecule has 7 heteroatoms. The summed E-state index contributed by atoms with van der Waals surface area (Å²) in [4.78, 5) is 12.8. The van der Waals surface area contributed by atoms with Gasteiger partial charge in [-0.25, -0.2) is 8.42 Å². The summed E-state index contributed by atoms with van der Waals surface area (Å²) in [6.45, 7) is 3.56. The lowest BCUT2D eigenvalue weighted by molar-refractivity contribution is -0.121. The third kappa shape index (κ3) is 5.91. The van der Waals surface area contributed by atoms with E-state index in [9.17, 15) is 13.2 Å². The van der Waals surface area contributed by atoms with Gasteiger partial charge in [-0.15, -0.1) is 0 Å². The van der Waals surface area contributed by atoms with Crippen LogP contribution in [0.3, 0.4) is 0 Å². The van der Waals surface area contributed by atoms with E-state index in [0.717, 1.165) is 22.3 Å². The molecule has 1 aliphatic heterocycles. The number of aryl methyl sites for hydroxylation is 1. The molecule has 1 aliphatic rings. The second-order valence-corrected chi connectivity index (χ2v) is 10.4. The van der Waals surface area contributed by atoms with Crippen LogP contribution in [-0.4, -0.2) is 44.9 Å². The molecule has 3 aromatic rings. The minimum absolute atomic E-state index is 0.0374. The molecule has 0 aliphatic carbocycles. The minimum atomic E-state index is -3.50. The predicted molar refractivity (Wildman–Crippen MR) is 133 cm³/mol. The molecule has 0 radical (unpaired) electrons. The van der Waals surface area contributed by atoms with Crippen molar-refractivity contribution in [3.63, 3.8) is 0 Å². The summed E-state index contributed by atoms with van der Waals surface area (Å²) in [6, 6.07) is 25.1. The molecule has 6 nitrogen and oxygen atoms in total. The third-order valence-electron chi connectivity index (χ3n) is 6.07.